The van der Waals surface area contributed by atoms with Gasteiger partial charge in [-0.25, -0.2) is 8.42 Å². The maximum absolute atomic E-state index is 12.8. The first-order valence-corrected chi connectivity index (χ1v) is 9.96. The zero-order valence-corrected chi connectivity index (χ0v) is 16.0. The first kappa shape index (κ1) is 19.3. The summed E-state index contributed by atoms with van der Waals surface area (Å²) >= 11 is 5.87. The average Bonchev–Trinajstić information content (AvgIpc) is 2.55. The van der Waals surface area contributed by atoms with Gasteiger partial charge in [0.1, 0.15) is 6.04 Å². The molecule has 0 spiro atoms. The SMILES string of the molecule is C[C@H](C(=O)N(C)Cc1ccccc1)N(c1ccc(Cl)cc1)S(C)(=O)=O. The maximum atomic E-state index is 12.8. The second-order valence-corrected chi connectivity index (χ2v) is 8.19. The first-order valence-electron chi connectivity index (χ1n) is 7.74. The van der Waals surface area contributed by atoms with Gasteiger partial charge in [0, 0.05) is 18.6 Å². The fourth-order valence-electron chi connectivity index (χ4n) is 2.64. The van der Waals surface area contributed by atoms with Crippen LogP contribution in [0.4, 0.5) is 5.69 Å². The van der Waals surface area contributed by atoms with Crippen LogP contribution in [0.25, 0.3) is 0 Å². The number of carbonyl (C=O) groups is 1. The van der Waals surface area contributed by atoms with Crippen LogP contribution < -0.4 is 4.31 Å². The molecular weight excluding hydrogens is 360 g/mol. The Morgan fingerprint density at radius 1 is 1.08 bits per heavy atom. The molecule has 0 radical (unpaired) electrons. The monoisotopic (exact) mass is 380 g/mol. The fourth-order valence-corrected chi connectivity index (χ4v) is 3.94. The molecule has 0 saturated heterocycles. The Hall–Kier alpha value is -2.05. The van der Waals surface area contributed by atoms with Crippen molar-refractivity contribution in [2.45, 2.75) is 19.5 Å². The van der Waals surface area contributed by atoms with E-state index in [2.05, 4.69) is 0 Å². The highest BCUT2D eigenvalue weighted by atomic mass is 35.5. The van der Waals surface area contributed by atoms with Crippen LogP contribution in [0.15, 0.2) is 54.6 Å². The normalized spacial score (nSPS) is 12.5. The van der Waals surface area contributed by atoms with Gasteiger partial charge in [0.05, 0.1) is 11.9 Å². The highest BCUT2D eigenvalue weighted by Gasteiger charge is 2.30. The minimum atomic E-state index is -3.64. The molecule has 0 fully saturated rings. The van der Waals surface area contributed by atoms with Crippen LogP contribution in [-0.4, -0.2) is 38.6 Å². The lowest BCUT2D eigenvalue weighted by molar-refractivity contribution is -0.131. The molecule has 1 amide bonds. The van der Waals surface area contributed by atoms with E-state index in [9.17, 15) is 13.2 Å². The lowest BCUT2D eigenvalue weighted by Crippen LogP contribution is -2.48. The molecule has 7 heteroatoms. The Labute approximate surface area is 153 Å². The van der Waals surface area contributed by atoms with Crippen LogP contribution >= 0.6 is 11.6 Å². The van der Waals surface area contributed by atoms with Crippen molar-refractivity contribution in [2.24, 2.45) is 0 Å². The van der Waals surface area contributed by atoms with Crippen LogP contribution in [0.1, 0.15) is 12.5 Å². The van der Waals surface area contributed by atoms with E-state index in [1.54, 1.807) is 38.2 Å². The second-order valence-electron chi connectivity index (χ2n) is 5.89. The third-order valence-corrected chi connectivity index (χ3v) is 5.28. The molecule has 0 bridgehead atoms. The van der Waals surface area contributed by atoms with Crippen LogP contribution in [-0.2, 0) is 21.4 Å². The predicted octanol–water partition coefficient (Wildman–Crippen LogP) is 3.15. The molecule has 0 unspecified atom stereocenters. The largest absolute Gasteiger partial charge is 0.340 e. The van der Waals surface area contributed by atoms with E-state index in [0.29, 0.717) is 17.3 Å². The maximum Gasteiger partial charge on any atom is 0.246 e. The van der Waals surface area contributed by atoms with E-state index >= 15 is 0 Å². The number of benzene rings is 2. The van der Waals surface area contributed by atoms with E-state index in [0.717, 1.165) is 16.1 Å². The first-order chi connectivity index (χ1) is 11.7. The van der Waals surface area contributed by atoms with E-state index in [1.165, 1.54) is 4.90 Å². The number of rotatable bonds is 6. The molecule has 134 valence electrons. The van der Waals surface area contributed by atoms with Crippen molar-refractivity contribution in [3.8, 4) is 0 Å². The third kappa shape index (κ3) is 4.96. The molecule has 0 aliphatic rings. The van der Waals surface area contributed by atoms with E-state index in [-0.39, 0.29) is 5.91 Å². The molecule has 25 heavy (non-hydrogen) atoms. The number of sulfonamides is 1. The second kappa shape index (κ2) is 7.89. The number of likely N-dealkylation sites (N-methyl/N-ethyl adjacent to an activating group) is 1. The fraction of sp³-hybridized carbons (Fsp3) is 0.278. The smallest absolute Gasteiger partial charge is 0.246 e. The van der Waals surface area contributed by atoms with E-state index in [4.69, 9.17) is 11.6 Å². The standard InChI is InChI=1S/C18H21ClN2O3S/c1-14(18(22)20(2)13-15-7-5-4-6-8-15)21(25(3,23)24)17-11-9-16(19)10-12-17/h4-12,14H,13H2,1-3H3/t14-/m1/s1. The Morgan fingerprint density at radius 2 is 1.64 bits per heavy atom. The van der Waals surface area contributed by atoms with E-state index in [1.807, 2.05) is 30.3 Å². The van der Waals surface area contributed by atoms with Crippen molar-refractivity contribution in [3.05, 3.63) is 65.2 Å². The number of hydrogen-bond donors (Lipinski definition) is 0. The van der Waals surface area contributed by atoms with Gasteiger partial charge in [0.15, 0.2) is 0 Å². The summed E-state index contributed by atoms with van der Waals surface area (Å²) in [6.45, 7) is 1.99. The summed E-state index contributed by atoms with van der Waals surface area (Å²) in [6.07, 6.45) is 1.09. The van der Waals surface area contributed by atoms with Gasteiger partial charge in [0.2, 0.25) is 15.9 Å². The molecule has 0 N–H and O–H groups in total. The average molecular weight is 381 g/mol. The minimum Gasteiger partial charge on any atom is -0.340 e. The molecule has 0 heterocycles. The number of carbonyl (C=O) groups excluding carboxylic acids is 1. The van der Waals surface area contributed by atoms with Crippen molar-refractivity contribution in [1.82, 2.24) is 4.90 Å². The Morgan fingerprint density at radius 3 is 2.16 bits per heavy atom. The van der Waals surface area contributed by atoms with E-state index < -0.39 is 16.1 Å². The molecule has 0 aromatic heterocycles. The van der Waals surface area contributed by atoms with Crippen molar-refractivity contribution < 1.29 is 13.2 Å². The predicted molar refractivity (Wildman–Crippen MR) is 101 cm³/mol. The van der Waals surface area contributed by atoms with Gasteiger partial charge >= 0.3 is 0 Å². The summed E-state index contributed by atoms with van der Waals surface area (Å²) in [7, 11) is -1.98. The number of halogens is 1. The van der Waals surface area contributed by atoms with Crippen molar-refractivity contribution in [1.29, 1.82) is 0 Å². The van der Waals surface area contributed by atoms with Crippen molar-refractivity contribution >= 4 is 33.2 Å². The van der Waals surface area contributed by atoms with Crippen molar-refractivity contribution in [2.75, 3.05) is 17.6 Å². The lowest BCUT2D eigenvalue weighted by atomic mass is 10.2. The van der Waals surface area contributed by atoms with Gasteiger partial charge in [-0.2, -0.15) is 0 Å². The Kier molecular flexibility index (Phi) is 6.08. The van der Waals surface area contributed by atoms with Crippen LogP contribution in [0, 0.1) is 0 Å². The minimum absolute atomic E-state index is 0.288. The van der Waals surface area contributed by atoms with Crippen LogP contribution in [0.5, 0.6) is 0 Å². The summed E-state index contributed by atoms with van der Waals surface area (Å²) < 4.78 is 25.6. The molecule has 2 aromatic rings. The van der Waals surface area contributed by atoms with Crippen LogP contribution in [0.3, 0.4) is 0 Å². The molecular formula is C18H21ClN2O3S. The summed E-state index contributed by atoms with van der Waals surface area (Å²) in [4.78, 5) is 14.3. The van der Waals surface area contributed by atoms with Crippen LogP contribution in [0.2, 0.25) is 5.02 Å². The third-order valence-electron chi connectivity index (χ3n) is 3.79. The zero-order chi connectivity index (χ0) is 18.6. The molecule has 5 nitrogen and oxygen atoms in total. The molecule has 2 aromatic carbocycles. The van der Waals surface area contributed by atoms with Gasteiger partial charge in [-0.3, -0.25) is 9.10 Å². The Balaban J connectivity index is 2.25. The number of nitrogens with zero attached hydrogens (tertiary/aromatic N) is 2. The summed E-state index contributed by atoms with van der Waals surface area (Å²) in [5.74, 6) is -0.288. The summed E-state index contributed by atoms with van der Waals surface area (Å²) in [5, 5.41) is 0.498. The Bertz CT molecular complexity index is 823. The highest BCUT2D eigenvalue weighted by Crippen LogP contribution is 2.23. The summed E-state index contributed by atoms with van der Waals surface area (Å²) in [5.41, 5.74) is 1.38. The molecule has 0 aliphatic carbocycles. The molecule has 2 rings (SSSR count). The molecule has 0 aliphatic heterocycles. The quantitative estimate of drug-likeness (QED) is 0.773. The van der Waals surface area contributed by atoms with Gasteiger partial charge in [-0.1, -0.05) is 41.9 Å². The van der Waals surface area contributed by atoms with Crippen molar-refractivity contribution in [3.63, 3.8) is 0 Å². The molecule has 0 saturated carbocycles. The number of anilines is 1. The topological polar surface area (TPSA) is 57.7 Å². The summed E-state index contributed by atoms with van der Waals surface area (Å²) in [6, 6.07) is 15.0. The lowest BCUT2D eigenvalue weighted by Gasteiger charge is -2.31. The van der Waals surface area contributed by atoms with Gasteiger partial charge in [-0.15, -0.1) is 0 Å². The highest BCUT2D eigenvalue weighted by molar-refractivity contribution is 7.92. The number of amides is 1. The van der Waals surface area contributed by atoms with Gasteiger partial charge < -0.3 is 4.90 Å². The van der Waals surface area contributed by atoms with Gasteiger partial charge in [0.25, 0.3) is 0 Å². The van der Waals surface area contributed by atoms with Gasteiger partial charge in [-0.05, 0) is 36.8 Å². The zero-order valence-electron chi connectivity index (χ0n) is 14.4. The molecule has 1 atom stereocenters. The number of hydrogen-bond acceptors (Lipinski definition) is 3.